The lowest BCUT2D eigenvalue weighted by atomic mass is 10.1. The first-order valence-corrected chi connectivity index (χ1v) is 8.75. The molecule has 0 spiro atoms. The molecule has 1 aromatic rings. The van der Waals surface area contributed by atoms with E-state index in [0.717, 1.165) is 12.1 Å². The van der Waals surface area contributed by atoms with Crippen molar-refractivity contribution >= 4 is 15.5 Å². The van der Waals surface area contributed by atoms with Gasteiger partial charge in [0.15, 0.2) is 9.84 Å². The molecule has 5 heteroatoms. The van der Waals surface area contributed by atoms with Crippen LogP contribution in [0.1, 0.15) is 33.6 Å². The third-order valence-electron chi connectivity index (χ3n) is 2.97. The molecule has 0 aliphatic rings. The summed E-state index contributed by atoms with van der Waals surface area (Å²) in [5.41, 5.74) is 0.822. The second-order valence-corrected chi connectivity index (χ2v) is 7.62. The van der Waals surface area contributed by atoms with Crippen molar-refractivity contribution in [1.29, 1.82) is 0 Å². The van der Waals surface area contributed by atoms with Gasteiger partial charge in [0.25, 0.3) is 0 Å². The molecule has 0 saturated heterocycles. The summed E-state index contributed by atoms with van der Waals surface area (Å²) in [6, 6.07) is 6.71. The number of nitrogens with one attached hydrogen (secondary N) is 1. The predicted octanol–water partition coefficient (Wildman–Crippen LogP) is 2.69. The van der Waals surface area contributed by atoms with Crippen LogP contribution < -0.4 is 5.32 Å². The van der Waals surface area contributed by atoms with E-state index in [4.69, 9.17) is 0 Å². The molecule has 0 heterocycles. The van der Waals surface area contributed by atoms with Crippen molar-refractivity contribution < 1.29 is 13.5 Å². The highest BCUT2D eigenvalue weighted by molar-refractivity contribution is 7.91. The van der Waals surface area contributed by atoms with Gasteiger partial charge in [0.05, 0.1) is 16.8 Å². The summed E-state index contributed by atoms with van der Waals surface area (Å²) in [4.78, 5) is 0.354. The summed E-state index contributed by atoms with van der Waals surface area (Å²) in [5, 5.41) is 12.9. The van der Waals surface area contributed by atoms with Gasteiger partial charge < -0.3 is 10.4 Å². The van der Waals surface area contributed by atoms with Gasteiger partial charge in [0.2, 0.25) is 0 Å². The zero-order valence-electron chi connectivity index (χ0n) is 12.5. The zero-order chi connectivity index (χ0) is 15.2. The molecular formula is C15H25NO3S. The number of rotatable bonds is 8. The van der Waals surface area contributed by atoms with Gasteiger partial charge >= 0.3 is 0 Å². The van der Waals surface area contributed by atoms with Crippen LogP contribution in [0, 0.1) is 5.92 Å². The molecule has 4 nitrogen and oxygen atoms in total. The number of benzene rings is 1. The second kappa shape index (κ2) is 7.64. The van der Waals surface area contributed by atoms with Gasteiger partial charge in [0.1, 0.15) is 0 Å². The average Bonchev–Trinajstić information content (AvgIpc) is 2.36. The predicted molar refractivity (Wildman–Crippen MR) is 82.7 cm³/mol. The molecule has 0 aromatic heterocycles. The monoisotopic (exact) mass is 299 g/mol. The Kier molecular flexibility index (Phi) is 6.49. The Labute approximate surface area is 122 Å². The van der Waals surface area contributed by atoms with Crippen LogP contribution >= 0.6 is 0 Å². The highest BCUT2D eigenvalue weighted by Gasteiger charge is 2.12. The Morgan fingerprint density at radius 2 is 1.80 bits per heavy atom. The molecule has 0 aliphatic heterocycles. The minimum absolute atomic E-state index is 0.173. The average molecular weight is 299 g/mol. The largest absolute Gasteiger partial charge is 0.391 e. The van der Waals surface area contributed by atoms with Crippen molar-refractivity contribution in [3.8, 4) is 0 Å². The minimum atomic E-state index is -3.15. The first-order valence-electron chi connectivity index (χ1n) is 7.10. The van der Waals surface area contributed by atoms with Crippen molar-refractivity contribution in [1.82, 2.24) is 0 Å². The summed E-state index contributed by atoms with van der Waals surface area (Å²) in [5.74, 6) is 0.626. The van der Waals surface area contributed by atoms with Crippen molar-refractivity contribution in [3.63, 3.8) is 0 Å². The number of hydrogen-bond acceptors (Lipinski definition) is 4. The molecule has 2 N–H and O–H groups in total. The summed E-state index contributed by atoms with van der Waals surface area (Å²) in [6.07, 6.45) is 0.971. The molecule has 20 heavy (non-hydrogen) atoms. The SMILES string of the molecule is CCCS(=O)(=O)c1ccc(NCC(O)CC(C)C)cc1. The lowest BCUT2D eigenvalue weighted by molar-refractivity contribution is 0.161. The highest BCUT2D eigenvalue weighted by atomic mass is 32.2. The molecule has 0 fully saturated rings. The maximum Gasteiger partial charge on any atom is 0.178 e. The van der Waals surface area contributed by atoms with Crippen LogP contribution in [0.15, 0.2) is 29.2 Å². The van der Waals surface area contributed by atoms with Gasteiger partial charge in [-0.15, -0.1) is 0 Å². The third-order valence-corrected chi connectivity index (χ3v) is 4.91. The molecule has 0 aliphatic carbocycles. The van der Waals surface area contributed by atoms with Crippen molar-refractivity contribution in [2.24, 2.45) is 5.92 Å². The molecule has 0 radical (unpaired) electrons. The van der Waals surface area contributed by atoms with E-state index in [1.807, 2.05) is 6.92 Å². The molecule has 0 bridgehead atoms. The molecule has 1 aromatic carbocycles. The molecule has 114 valence electrons. The van der Waals surface area contributed by atoms with Crippen molar-refractivity contribution in [2.45, 2.75) is 44.6 Å². The van der Waals surface area contributed by atoms with E-state index in [1.54, 1.807) is 24.3 Å². The lowest BCUT2D eigenvalue weighted by Gasteiger charge is -2.15. The van der Waals surface area contributed by atoms with Crippen molar-refractivity contribution in [2.75, 3.05) is 17.6 Å². The van der Waals surface area contributed by atoms with Gasteiger partial charge in [-0.2, -0.15) is 0 Å². The van der Waals surface area contributed by atoms with E-state index in [-0.39, 0.29) is 5.75 Å². The number of sulfone groups is 1. The van der Waals surface area contributed by atoms with E-state index >= 15 is 0 Å². The quantitative estimate of drug-likeness (QED) is 0.774. The van der Waals surface area contributed by atoms with Crippen molar-refractivity contribution in [3.05, 3.63) is 24.3 Å². The van der Waals surface area contributed by atoms with Gasteiger partial charge in [0, 0.05) is 12.2 Å². The number of anilines is 1. The topological polar surface area (TPSA) is 66.4 Å². The smallest absolute Gasteiger partial charge is 0.178 e. The summed E-state index contributed by atoms with van der Waals surface area (Å²) < 4.78 is 23.7. The normalized spacial score (nSPS) is 13.4. The number of aliphatic hydroxyl groups excluding tert-OH is 1. The molecular weight excluding hydrogens is 274 g/mol. The fourth-order valence-corrected chi connectivity index (χ4v) is 3.35. The third kappa shape index (κ3) is 5.51. The maximum absolute atomic E-state index is 11.9. The van der Waals surface area contributed by atoms with Gasteiger partial charge in [-0.25, -0.2) is 8.42 Å². The van der Waals surface area contributed by atoms with Crippen LogP contribution in [0.3, 0.4) is 0 Å². The maximum atomic E-state index is 11.9. The fraction of sp³-hybridized carbons (Fsp3) is 0.600. The standard InChI is InChI=1S/C15H25NO3S/c1-4-9-20(18,19)15-7-5-13(6-8-15)16-11-14(17)10-12(2)3/h5-8,12,14,16-17H,4,9-11H2,1-3H3. The number of hydrogen-bond donors (Lipinski definition) is 2. The second-order valence-electron chi connectivity index (χ2n) is 5.51. The van der Waals surface area contributed by atoms with Gasteiger partial charge in [-0.3, -0.25) is 0 Å². The zero-order valence-corrected chi connectivity index (χ0v) is 13.3. The van der Waals surface area contributed by atoms with Gasteiger partial charge in [-0.1, -0.05) is 20.8 Å². The molecule has 0 amide bonds. The Morgan fingerprint density at radius 3 is 2.30 bits per heavy atom. The van der Waals surface area contributed by atoms with Crippen LogP contribution in [-0.2, 0) is 9.84 Å². The van der Waals surface area contributed by atoms with E-state index in [9.17, 15) is 13.5 Å². The Bertz CT molecular complexity index is 494. The van der Waals surface area contributed by atoms with Gasteiger partial charge in [-0.05, 0) is 43.0 Å². The summed E-state index contributed by atoms with van der Waals surface area (Å²) in [7, 11) is -3.15. The van der Waals surface area contributed by atoms with E-state index in [2.05, 4.69) is 19.2 Å². The molecule has 0 saturated carbocycles. The van der Waals surface area contributed by atoms with E-state index < -0.39 is 15.9 Å². The molecule has 1 rings (SSSR count). The van der Waals surface area contributed by atoms with Crippen LogP contribution in [0.4, 0.5) is 5.69 Å². The van der Waals surface area contributed by atoms with E-state index in [1.165, 1.54) is 0 Å². The fourth-order valence-electron chi connectivity index (χ4n) is 2.03. The summed E-state index contributed by atoms with van der Waals surface area (Å²) >= 11 is 0. The molecule has 1 unspecified atom stereocenters. The van der Waals surface area contributed by atoms with Crippen LogP contribution in [-0.4, -0.2) is 31.9 Å². The Hall–Kier alpha value is -1.07. The Morgan fingerprint density at radius 1 is 1.20 bits per heavy atom. The van der Waals surface area contributed by atoms with Crippen LogP contribution in [0.25, 0.3) is 0 Å². The number of aliphatic hydroxyl groups is 1. The molecule has 1 atom stereocenters. The van der Waals surface area contributed by atoms with Crippen LogP contribution in [0.5, 0.6) is 0 Å². The highest BCUT2D eigenvalue weighted by Crippen LogP contribution is 2.16. The summed E-state index contributed by atoms with van der Waals surface area (Å²) in [6.45, 7) is 6.45. The van der Waals surface area contributed by atoms with Crippen LogP contribution in [0.2, 0.25) is 0 Å². The lowest BCUT2D eigenvalue weighted by Crippen LogP contribution is -2.21. The Balaban J connectivity index is 2.59. The van der Waals surface area contributed by atoms with E-state index in [0.29, 0.717) is 23.8 Å². The first kappa shape index (κ1) is 17.0. The minimum Gasteiger partial charge on any atom is -0.391 e. The first-order chi connectivity index (χ1) is 9.35.